The Hall–Kier alpha value is -0.670. The molecule has 1 N–H and O–H groups in total. The number of nitrogens with zero attached hydrogens (tertiary/aromatic N) is 2. The van der Waals surface area contributed by atoms with Gasteiger partial charge >= 0.3 is 0 Å². The van der Waals surface area contributed by atoms with Gasteiger partial charge in [0.25, 0.3) is 0 Å². The van der Waals surface area contributed by atoms with E-state index in [9.17, 15) is 0 Å². The lowest BCUT2D eigenvalue weighted by Crippen LogP contribution is -2.05. The molecule has 1 aromatic heterocycles. The van der Waals surface area contributed by atoms with Crippen molar-refractivity contribution in [3.05, 3.63) is 23.2 Å². The second kappa shape index (κ2) is 3.49. The minimum Gasteiger partial charge on any atom is -0.316 e. The van der Waals surface area contributed by atoms with Crippen molar-refractivity contribution < 1.29 is 0 Å². The number of halogens is 1. The first kappa shape index (κ1) is 7.44. The van der Waals surface area contributed by atoms with Gasteiger partial charge in [0.2, 0.25) is 5.28 Å². The second-order valence-electron chi connectivity index (χ2n) is 1.89. The average Bonchev–Trinajstić information content (AvgIpc) is 1.95. The Bertz CT molecular complexity index is 197. The standard InChI is InChI=1S/C6H8ClN3/c1-8-2-5-3-9-6(7)10-4-5/h3-4,8H,2H2,1H3. The molecule has 1 heterocycles. The summed E-state index contributed by atoms with van der Waals surface area (Å²) < 4.78 is 0. The van der Waals surface area contributed by atoms with Crippen LogP contribution in [-0.4, -0.2) is 17.0 Å². The summed E-state index contributed by atoms with van der Waals surface area (Å²) >= 11 is 5.47. The largest absolute Gasteiger partial charge is 0.316 e. The fourth-order valence-corrected chi connectivity index (χ4v) is 0.732. The molecule has 0 aliphatic carbocycles. The number of hydrogen-bond donors (Lipinski definition) is 1. The molecule has 0 aliphatic rings. The summed E-state index contributed by atoms with van der Waals surface area (Å²) in [6, 6.07) is 0. The minimum atomic E-state index is 0.292. The van der Waals surface area contributed by atoms with Crippen LogP contribution in [0.15, 0.2) is 12.4 Å². The lowest BCUT2D eigenvalue weighted by molar-refractivity contribution is 0.806. The third-order valence-electron chi connectivity index (χ3n) is 1.05. The Labute approximate surface area is 64.5 Å². The maximum atomic E-state index is 5.47. The smallest absolute Gasteiger partial charge is 0.222 e. The van der Waals surface area contributed by atoms with Gasteiger partial charge in [0.1, 0.15) is 0 Å². The van der Waals surface area contributed by atoms with Crippen molar-refractivity contribution in [1.82, 2.24) is 15.3 Å². The molecule has 0 aliphatic heterocycles. The van der Waals surface area contributed by atoms with Crippen molar-refractivity contribution >= 4 is 11.6 Å². The van der Waals surface area contributed by atoms with Gasteiger partial charge in [0.05, 0.1) is 0 Å². The highest BCUT2D eigenvalue weighted by Gasteiger charge is 1.91. The highest BCUT2D eigenvalue weighted by atomic mass is 35.5. The third-order valence-corrected chi connectivity index (χ3v) is 1.25. The Morgan fingerprint density at radius 1 is 1.50 bits per heavy atom. The minimum absolute atomic E-state index is 0.292. The molecule has 0 radical (unpaired) electrons. The summed E-state index contributed by atoms with van der Waals surface area (Å²) in [4.78, 5) is 7.62. The summed E-state index contributed by atoms with van der Waals surface area (Å²) in [5, 5.41) is 3.27. The molecule has 54 valence electrons. The molecule has 0 spiro atoms. The summed E-state index contributed by atoms with van der Waals surface area (Å²) in [7, 11) is 1.87. The van der Waals surface area contributed by atoms with E-state index in [4.69, 9.17) is 11.6 Å². The molecule has 0 unspecified atom stereocenters. The van der Waals surface area contributed by atoms with Crippen LogP contribution in [0, 0.1) is 0 Å². The molecule has 1 aromatic rings. The van der Waals surface area contributed by atoms with Crippen LogP contribution < -0.4 is 5.32 Å². The molecule has 4 heteroatoms. The molecule has 0 amide bonds. The number of aromatic nitrogens is 2. The van der Waals surface area contributed by atoms with Crippen molar-refractivity contribution in [3.63, 3.8) is 0 Å². The van der Waals surface area contributed by atoms with E-state index in [1.807, 2.05) is 7.05 Å². The Balaban J connectivity index is 2.69. The quantitative estimate of drug-likeness (QED) is 0.647. The van der Waals surface area contributed by atoms with Gasteiger partial charge < -0.3 is 5.32 Å². The molecule has 1 rings (SSSR count). The van der Waals surface area contributed by atoms with Crippen LogP contribution in [0.5, 0.6) is 0 Å². The van der Waals surface area contributed by atoms with E-state index >= 15 is 0 Å². The van der Waals surface area contributed by atoms with Crippen molar-refractivity contribution in [1.29, 1.82) is 0 Å². The molecule has 0 atom stereocenters. The van der Waals surface area contributed by atoms with Gasteiger partial charge in [0, 0.05) is 24.5 Å². The van der Waals surface area contributed by atoms with Gasteiger partial charge in [-0.2, -0.15) is 0 Å². The normalized spacial score (nSPS) is 9.80. The van der Waals surface area contributed by atoms with Gasteiger partial charge in [-0.15, -0.1) is 0 Å². The van der Waals surface area contributed by atoms with Gasteiger partial charge in [-0.25, -0.2) is 9.97 Å². The lowest BCUT2D eigenvalue weighted by Gasteiger charge is -1.96. The van der Waals surface area contributed by atoms with Crippen molar-refractivity contribution in [2.45, 2.75) is 6.54 Å². The first-order valence-electron chi connectivity index (χ1n) is 2.94. The molecular weight excluding hydrogens is 150 g/mol. The maximum Gasteiger partial charge on any atom is 0.222 e. The molecule has 0 aromatic carbocycles. The summed E-state index contributed by atoms with van der Waals surface area (Å²) in [5.41, 5.74) is 1.03. The summed E-state index contributed by atoms with van der Waals surface area (Å²) in [6.07, 6.45) is 3.40. The fraction of sp³-hybridized carbons (Fsp3) is 0.333. The molecular formula is C6H8ClN3. The van der Waals surface area contributed by atoms with Crippen molar-refractivity contribution in [3.8, 4) is 0 Å². The van der Waals surface area contributed by atoms with Gasteiger partial charge in [-0.1, -0.05) is 0 Å². The topological polar surface area (TPSA) is 37.8 Å². The zero-order chi connectivity index (χ0) is 7.40. The maximum absolute atomic E-state index is 5.47. The molecule has 0 bridgehead atoms. The van der Waals surface area contributed by atoms with Gasteiger partial charge in [-0.3, -0.25) is 0 Å². The van der Waals surface area contributed by atoms with Crippen LogP contribution in [0.2, 0.25) is 5.28 Å². The number of hydrogen-bond acceptors (Lipinski definition) is 3. The summed E-state index contributed by atoms with van der Waals surface area (Å²) in [6.45, 7) is 0.775. The van der Waals surface area contributed by atoms with E-state index in [0.29, 0.717) is 5.28 Å². The van der Waals surface area contributed by atoms with E-state index in [2.05, 4.69) is 15.3 Å². The fourth-order valence-electron chi connectivity index (χ4n) is 0.634. The van der Waals surface area contributed by atoms with Crippen LogP contribution in [-0.2, 0) is 6.54 Å². The van der Waals surface area contributed by atoms with Gasteiger partial charge in [0.15, 0.2) is 0 Å². The summed E-state index contributed by atoms with van der Waals surface area (Å²) in [5.74, 6) is 0. The first-order valence-corrected chi connectivity index (χ1v) is 3.32. The second-order valence-corrected chi connectivity index (χ2v) is 2.23. The van der Waals surface area contributed by atoms with E-state index in [-0.39, 0.29) is 0 Å². The van der Waals surface area contributed by atoms with Crippen LogP contribution >= 0.6 is 11.6 Å². The van der Waals surface area contributed by atoms with E-state index in [1.54, 1.807) is 12.4 Å². The van der Waals surface area contributed by atoms with E-state index in [0.717, 1.165) is 12.1 Å². The van der Waals surface area contributed by atoms with Crippen LogP contribution in [0.4, 0.5) is 0 Å². The van der Waals surface area contributed by atoms with Crippen LogP contribution in [0.3, 0.4) is 0 Å². The molecule has 10 heavy (non-hydrogen) atoms. The molecule has 0 saturated heterocycles. The number of nitrogens with one attached hydrogen (secondary N) is 1. The highest BCUT2D eigenvalue weighted by molar-refractivity contribution is 6.28. The Kier molecular flexibility index (Phi) is 2.59. The van der Waals surface area contributed by atoms with E-state index < -0.39 is 0 Å². The monoisotopic (exact) mass is 157 g/mol. The Morgan fingerprint density at radius 2 is 2.10 bits per heavy atom. The van der Waals surface area contributed by atoms with Crippen molar-refractivity contribution in [2.75, 3.05) is 7.05 Å². The highest BCUT2D eigenvalue weighted by Crippen LogP contribution is 1.99. The Morgan fingerprint density at radius 3 is 2.60 bits per heavy atom. The van der Waals surface area contributed by atoms with Crippen LogP contribution in [0.25, 0.3) is 0 Å². The SMILES string of the molecule is CNCc1cnc(Cl)nc1. The predicted octanol–water partition coefficient (Wildman–Crippen LogP) is 0.849. The number of rotatable bonds is 2. The first-order chi connectivity index (χ1) is 4.83. The zero-order valence-corrected chi connectivity index (χ0v) is 6.39. The zero-order valence-electron chi connectivity index (χ0n) is 5.63. The molecule has 3 nitrogen and oxygen atoms in total. The van der Waals surface area contributed by atoms with Crippen molar-refractivity contribution in [2.24, 2.45) is 0 Å². The molecule has 0 saturated carbocycles. The lowest BCUT2D eigenvalue weighted by atomic mass is 10.3. The third kappa shape index (κ3) is 1.93. The molecule has 0 fully saturated rings. The van der Waals surface area contributed by atoms with Crippen LogP contribution in [0.1, 0.15) is 5.56 Å². The van der Waals surface area contributed by atoms with E-state index in [1.165, 1.54) is 0 Å². The predicted molar refractivity (Wildman–Crippen MR) is 39.8 cm³/mol. The van der Waals surface area contributed by atoms with Gasteiger partial charge in [-0.05, 0) is 18.6 Å². The average molecular weight is 158 g/mol.